The third kappa shape index (κ3) is 12.9. The number of alkyl carbamates (subject to hydrolysis) is 1. The molecule has 2 aromatic carbocycles. The molecule has 0 aliphatic rings. The number of nitrogens with zero attached hydrogens (tertiary/aromatic N) is 3. The lowest BCUT2D eigenvalue weighted by atomic mass is 10.0. The van der Waals surface area contributed by atoms with Gasteiger partial charge >= 0.3 is 6.09 Å². The molecule has 3 aromatic rings. The van der Waals surface area contributed by atoms with Gasteiger partial charge in [0.15, 0.2) is 5.96 Å². The third-order valence-corrected chi connectivity index (χ3v) is 7.11. The number of aliphatic imine (C=N–C) groups is 1. The molecule has 0 aliphatic heterocycles. The number of anilines is 1. The molecule has 0 bridgehead atoms. The number of fused-ring (bicyclic) bond motifs is 1. The molecule has 0 saturated heterocycles. The van der Waals surface area contributed by atoms with E-state index in [1.807, 2.05) is 65.6 Å². The maximum Gasteiger partial charge on any atom is 0.408 e. The Hall–Kier alpha value is -4.75. The van der Waals surface area contributed by atoms with Crippen LogP contribution in [0, 0.1) is 0 Å². The highest BCUT2D eigenvalue weighted by molar-refractivity contribution is 5.99. The zero-order chi connectivity index (χ0) is 34.2. The number of para-hydroxylation sites is 1. The highest BCUT2D eigenvalue weighted by atomic mass is 16.6. The van der Waals surface area contributed by atoms with Crippen molar-refractivity contribution in [3.8, 4) is 0 Å². The predicted molar refractivity (Wildman–Crippen MR) is 186 cm³/mol. The molecule has 2 unspecified atom stereocenters. The molecule has 0 radical (unpaired) electrons. The van der Waals surface area contributed by atoms with Gasteiger partial charge in [0.2, 0.25) is 11.8 Å². The van der Waals surface area contributed by atoms with Crippen molar-refractivity contribution in [2.75, 3.05) is 38.0 Å². The van der Waals surface area contributed by atoms with Crippen LogP contribution in [0.2, 0.25) is 0 Å². The second-order valence-corrected chi connectivity index (χ2v) is 12.1. The molecule has 0 spiro atoms. The zero-order valence-corrected chi connectivity index (χ0v) is 27.6. The number of amides is 3. The lowest BCUT2D eigenvalue weighted by Gasteiger charge is -2.27. The molecule has 9 N–H and O–H groups in total. The first-order valence-electron chi connectivity index (χ1n) is 15.9. The maximum atomic E-state index is 13.8. The average Bonchev–Trinajstić information content (AvgIpc) is 3.04. The number of aromatic nitrogens is 1. The van der Waals surface area contributed by atoms with Crippen molar-refractivity contribution in [3.05, 3.63) is 72.4 Å². The largest absolute Gasteiger partial charge is 0.444 e. The summed E-state index contributed by atoms with van der Waals surface area (Å²) < 4.78 is 5.44. The van der Waals surface area contributed by atoms with Crippen LogP contribution < -0.4 is 33.2 Å². The fraction of sp³-hybridized carbons (Fsp3) is 0.441. The smallest absolute Gasteiger partial charge is 0.408 e. The Labute approximate surface area is 276 Å². The number of nitrogens with two attached hydrogens (primary N) is 3. The molecular weight excluding hydrogens is 598 g/mol. The number of pyridine rings is 1. The molecule has 3 amide bonds. The Morgan fingerprint density at radius 2 is 1.62 bits per heavy atom. The van der Waals surface area contributed by atoms with Crippen molar-refractivity contribution in [2.45, 2.75) is 64.1 Å². The van der Waals surface area contributed by atoms with Crippen LogP contribution in [0.3, 0.4) is 0 Å². The summed E-state index contributed by atoms with van der Waals surface area (Å²) in [6, 6.07) is 17.2. The Morgan fingerprint density at radius 1 is 0.915 bits per heavy atom. The Balaban J connectivity index is 1.79. The van der Waals surface area contributed by atoms with Crippen LogP contribution in [-0.4, -0.2) is 84.2 Å². The lowest BCUT2D eigenvalue weighted by molar-refractivity contribution is -0.128. The summed E-state index contributed by atoms with van der Waals surface area (Å²) in [7, 11) is 0. The van der Waals surface area contributed by atoms with Crippen molar-refractivity contribution in [2.24, 2.45) is 22.2 Å². The molecule has 13 heteroatoms. The fourth-order valence-corrected chi connectivity index (χ4v) is 4.85. The minimum absolute atomic E-state index is 0.234. The zero-order valence-electron chi connectivity index (χ0n) is 27.6. The number of hydrogen-bond donors (Lipinski definition) is 6. The minimum atomic E-state index is -0.999. The number of guanidine groups is 1. The molecule has 0 fully saturated rings. The minimum Gasteiger partial charge on any atom is -0.444 e. The van der Waals surface area contributed by atoms with E-state index in [9.17, 15) is 14.4 Å². The van der Waals surface area contributed by atoms with E-state index in [1.54, 1.807) is 27.0 Å². The van der Waals surface area contributed by atoms with Crippen molar-refractivity contribution in [3.63, 3.8) is 0 Å². The number of carbonyl (C=O) groups excluding carboxylic acids is 3. The first-order valence-corrected chi connectivity index (χ1v) is 15.9. The number of benzene rings is 2. The van der Waals surface area contributed by atoms with Gasteiger partial charge in [-0.25, -0.2) is 4.79 Å². The summed E-state index contributed by atoms with van der Waals surface area (Å²) in [4.78, 5) is 50.8. The number of nitrogens with one attached hydrogen (secondary N) is 3. The highest BCUT2D eigenvalue weighted by Crippen LogP contribution is 2.17. The van der Waals surface area contributed by atoms with E-state index >= 15 is 0 Å². The predicted octanol–water partition coefficient (Wildman–Crippen LogP) is 2.50. The molecule has 13 nitrogen and oxygen atoms in total. The number of ether oxygens (including phenoxy) is 1. The van der Waals surface area contributed by atoms with Gasteiger partial charge in [0.05, 0.1) is 23.9 Å². The van der Waals surface area contributed by atoms with Crippen LogP contribution in [0.1, 0.15) is 45.6 Å². The second-order valence-electron chi connectivity index (χ2n) is 12.1. The normalized spacial score (nSPS) is 13.0. The number of aryl methyl sites for hydroxylation is 1. The molecule has 254 valence electrons. The van der Waals surface area contributed by atoms with E-state index in [4.69, 9.17) is 21.9 Å². The molecule has 2 atom stereocenters. The Kier molecular flexibility index (Phi) is 14.4. The summed E-state index contributed by atoms with van der Waals surface area (Å²) >= 11 is 0. The SMILES string of the molecule is CC(C)(C)OC(=O)NC(CCCN(CCN)C(N)=NCCN)C(=O)NC(CCc1ccccc1)C(=O)Nc1cnc2ccccc2c1. The summed E-state index contributed by atoms with van der Waals surface area (Å²) in [5.74, 6) is -0.612. The molecule has 1 heterocycles. The summed E-state index contributed by atoms with van der Waals surface area (Å²) in [6.45, 7) is 7.19. The maximum absolute atomic E-state index is 13.8. The molecule has 1 aromatic heterocycles. The molecular formula is C34H49N9O4. The van der Waals surface area contributed by atoms with Crippen molar-refractivity contribution in [1.29, 1.82) is 0 Å². The summed E-state index contributed by atoms with van der Waals surface area (Å²) in [6.07, 6.45) is 2.38. The van der Waals surface area contributed by atoms with Crippen LogP contribution in [0.25, 0.3) is 10.9 Å². The first-order chi connectivity index (χ1) is 22.5. The number of carbonyl (C=O) groups is 3. The molecule has 0 saturated carbocycles. The molecule has 3 rings (SSSR count). The van der Waals surface area contributed by atoms with Gasteiger partial charge in [-0.3, -0.25) is 19.6 Å². The van der Waals surface area contributed by atoms with E-state index in [1.165, 1.54) is 0 Å². The summed E-state index contributed by atoms with van der Waals surface area (Å²) in [5, 5.41) is 9.36. The van der Waals surface area contributed by atoms with E-state index < -0.39 is 35.6 Å². The van der Waals surface area contributed by atoms with Gasteiger partial charge in [0, 0.05) is 31.6 Å². The van der Waals surface area contributed by atoms with Crippen LogP contribution in [0.5, 0.6) is 0 Å². The number of rotatable bonds is 16. The summed E-state index contributed by atoms with van der Waals surface area (Å²) in [5.41, 5.74) is 19.0. The first kappa shape index (κ1) is 36.7. The molecule has 47 heavy (non-hydrogen) atoms. The highest BCUT2D eigenvalue weighted by Gasteiger charge is 2.29. The monoisotopic (exact) mass is 647 g/mol. The van der Waals surface area contributed by atoms with Gasteiger partial charge in [-0.2, -0.15) is 0 Å². The van der Waals surface area contributed by atoms with Gasteiger partial charge in [-0.1, -0.05) is 48.5 Å². The number of hydrogen-bond acceptors (Lipinski definition) is 8. The quantitative estimate of drug-likeness (QED) is 0.0997. The van der Waals surface area contributed by atoms with Crippen LogP contribution >= 0.6 is 0 Å². The fourth-order valence-electron chi connectivity index (χ4n) is 4.85. The van der Waals surface area contributed by atoms with Gasteiger partial charge in [-0.15, -0.1) is 0 Å². The van der Waals surface area contributed by atoms with Gasteiger partial charge < -0.3 is 42.8 Å². The van der Waals surface area contributed by atoms with E-state index in [0.29, 0.717) is 63.6 Å². The van der Waals surface area contributed by atoms with E-state index in [-0.39, 0.29) is 6.42 Å². The standard InChI is InChI=1S/C34H49N9O4/c1-34(2,3)47-33(46)42-28(14-9-20-43(21-18-36)32(37)38-19-17-35)31(45)41-29(16-15-24-10-5-4-6-11-24)30(44)40-26-22-25-12-7-8-13-27(25)39-23-26/h4-8,10-13,22-23,28-29H,9,14-21,35-36H2,1-3H3,(H2,37,38)(H,40,44)(H,41,45)(H,42,46). The Bertz CT molecular complexity index is 1480. The van der Waals surface area contributed by atoms with Crippen molar-refractivity contribution < 1.29 is 19.1 Å². The van der Waals surface area contributed by atoms with E-state index in [2.05, 4.69) is 25.9 Å². The topological polar surface area (TPSA) is 203 Å². The Morgan fingerprint density at radius 3 is 2.32 bits per heavy atom. The lowest BCUT2D eigenvalue weighted by Crippen LogP contribution is -2.53. The van der Waals surface area contributed by atoms with Gasteiger partial charge in [-0.05, 0) is 64.2 Å². The average molecular weight is 648 g/mol. The third-order valence-electron chi connectivity index (χ3n) is 7.11. The second kappa shape index (κ2) is 18.4. The van der Waals surface area contributed by atoms with Crippen molar-refractivity contribution >= 4 is 40.5 Å². The van der Waals surface area contributed by atoms with Crippen molar-refractivity contribution in [1.82, 2.24) is 20.5 Å². The van der Waals surface area contributed by atoms with E-state index in [0.717, 1.165) is 16.5 Å². The van der Waals surface area contributed by atoms with Crippen LogP contribution in [0.4, 0.5) is 10.5 Å². The van der Waals surface area contributed by atoms with Gasteiger partial charge in [0.25, 0.3) is 0 Å². The van der Waals surface area contributed by atoms with Gasteiger partial charge in [0.1, 0.15) is 17.7 Å². The van der Waals surface area contributed by atoms with Crippen LogP contribution in [0.15, 0.2) is 71.9 Å². The molecule has 0 aliphatic carbocycles. The van der Waals surface area contributed by atoms with Crippen LogP contribution in [-0.2, 0) is 20.7 Å².